The minimum Gasteiger partial charge on any atom is -0.364 e. The minimum atomic E-state index is -0.359. The second kappa shape index (κ2) is 8.00. The summed E-state index contributed by atoms with van der Waals surface area (Å²) in [6.07, 6.45) is 0.200. The average molecular weight is 396 g/mol. The number of rotatable bonds is 6. The first-order valence-corrected chi connectivity index (χ1v) is 9.36. The standard InChI is InChI=1S/C21H21FN4O3/c1-13-2-7-17-18(8-13)25-19(24-17)11-29-12-20(27)23-15-9-21(28)26(10-15)16-5-3-14(22)4-6-16/h2-8,15H,9-12H2,1H3,(H,23,27)(H,24,25). The quantitative estimate of drug-likeness (QED) is 0.670. The van der Waals surface area contributed by atoms with Crippen LogP contribution >= 0.6 is 0 Å². The number of fused-ring (bicyclic) bond motifs is 1. The van der Waals surface area contributed by atoms with Crippen LogP contribution in [-0.4, -0.2) is 41.0 Å². The van der Waals surface area contributed by atoms with E-state index in [4.69, 9.17) is 4.74 Å². The summed E-state index contributed by atoms with van der Waals surface area (Å²) in [6.45, 7) is 2.41. The summed E-state index contributed by atoms with van der Waals surface area (Å²) in [6, 6.07) is 11.3. The molecule has 0 bridgehead atoms. The molecule has 2 N–H and O–H groups in total. The highest BCUT2D eigenvalue weighted by Crippen LogP contribution is 2.21. The van der Waals surface area contributed by atoms with Crippen LogP contribution in [0.3, 0.4) is 0 Å². The average Bonchev–Trinajstić information content (AvgIpc) is 3.24. The normalized spacial score (nSPS) is 16.6. The van der Waals surface area contributed by atoms with Gasteiger partial charge in [-0.1, -0.05) is 6.07 Å². The van der Waals surface area contributed by atoms with Gasteiger partial charge in [0.25, 0.3) is 0 Å². The topological polar surface area (TPSA) is 87.3 Å². The molecule has 1 unspecified atom stereocenters. The smallest absolute Gasteiger partial charge is 0.246 e. The van der Waals surface area contributed by atoms with Gasteiger partial charge in [0.1, 0.15) is 24.9 Å². The molecule has 0 aliphatic carbocycles. The fourth-order valence-corrected chi connectivity index (χ4v) is 3.43. The molecule has 2 amide bonds. The van der Waals surface area contributed by atoms with Crippen LogP contribution in [0.5, 0.6) is 0 Å². The number of carbonyl (C=O) groups is 2. The Bertz CT molecular complexity index is 1050. The second-order valence-corrected chi connectivity index (χ2v) is 7.15. The molecule has 2 aromatic carbocycles. The number of anilines is 1. The van der Waals surface area contributed by atoms with Crippen LogP contribution in [0.2, 0.25) is 0 Å². The Morgan fingerprint density at radius 3 is 2.90 bits per heavy atom. The maximum Gasteiger partial charge on any atom is 0.246 e. The monoisotopic (exact) mass is 396 g/mol. The first-order chi connectivity index (χ1) is 14.0. The van der Waals surface area contributed by atoms with E-state index in [-0.39, 0.29) is 43.3 Å². The zero-order chi connectivity index (χ0) is 20.4. The van der Waals surface area contributed by atoms with E-state index in [1.165, 1.54) is 12.1 Å². The number of aryl methyl sites for hydroxylation is 1. The van der Waals surface area contributed by atoms with E-state index in [0.717, 1.165) is 16.6 Å². The van der Waals surface area contributed by atoms with Gasteiger partial charge in [0.2, 0.25) is 11.8 Å². The van der Waals surface area contributed by atoms with Crippen LogP contribution < -0.4 is 10.2 Å². The SMILES string of the molecule is Cc1ccc2nc(COCC(=O)NC3CC(=O)N(c4ccc(F)cc4)C3)[nH]c2c1. The Morgan fingerprint density at radius 1 is 1.31 bits per heavy atom. The highest BCUT2D eigenvalue weighted by molar-refractivity contribution is 5.96. The third-order valence-corrected chi connectivity index (χ3v) is 4.79. The Kier molecular flexibility index (Phi) is 5.26. The Morgan fingerprint density at radius 2 is 2.10 bits per heavy atom. The van der Waals surface area contributed by atoms with Crippen LogP contribution in [0.1, 0.15) is 17.8 Å². The summed E-state index contributed by atoms with van der Waals surface area (Å²) >= 11 is 0. The van der Waals surface area contributed by atoms with E-state index in [1.54, 1.807) is 17.0 Å². The third-order valence-electron chi connectivity index (χ3n) is 4.79. The molecule has 29 heavy (non-hydrogen) atoms. The molecular formula is C21H21FN4O3. The number of hydrogen-bond acceptors (Lipinski definition) is 4. The van der Waals surface area contributed by atoms with Crippen molar-refractivity contribution in [2.24, 2.45) is 0 Å². The Labute approximate surface area is 166 Å². The van der Waals surface area contributed by atoms with Gasteiger partial charge in [0.05, 0.1) is 17.1 Å². The molecule has 1 aliphatic rings. The number of aromatic nitrogens is 2. The highest BCUT2D eigenvalue weighted by atomic mass is 19.1. The zero-order valence-corrected chi connectivity index (χ0v) is 15.9. The number of imidazole rings is 1. The van der Waals surface area contributed by atoms with Gasteiger partial charge in [0, 0.05) is 18.7 Å². The van der Waals surface area contributed by atoms with Crippen molar-refractivity contribution >= 4 is 28.5 Å². The summed E-state index contributed by atoms with van der Waals surface area (Å²) < 4.78 is 18.5. The fraction of sp³-hybridized carbons (Fsp3) is 0.286. The van der Waals surface area contributed by atoms with Gasteiger partial charge in [-0.15, -0.1) is 0 Å². The van der Waals surface area contributed by atoms with Gasteiger partial charge in [-0.05, 0) is 48.9 Å². The molecule has 0 spiro atoms. The van der Waals surface area contributed by atoms with Gasteiger partial charge in [-0.25, -0.2) is 9.37 Å². The van der Waals surface area contributed by atoms with Crippen LogP contribution in [0.25, 0.3) is 11.0 Å². The Hall–Kier alpha value is -3.26. The lowest BCUT2D eigenvalue weighted by Gasteiger charge is -2.17. The predicted molar refractivity (Wildman–Crippen MR) is 106 cm³/mol. The van der Waals surface area contributed by atoms with Crippen LogP contribution in [0.15, 0.2) is 42.5 Å². The van der Waals surface area contributed by atoms with Crippen molar-refractivity contribution in [1.82, 2.24) is 15.3 Å². The van der Waals surface area contributed by atoms with Crippen LogP contribution in [-0.2, 0) is 20.9 Å². The van der Waals surface area contributed by atoms with E-state index < -0.39 is 0 Å². The third kappa shape index (κ3) is 4.43. The molecule has 7 nitrogen and oxygen atoms in total. The lowest BCUT2D eigenvalue weighted by Crippen LogP contribution is -2.39. The van der Waals surface area contributed by atoms with E-state index >= 15 is 0 Å². The number of hydrogen-bond donors (Lipinski definition) is 2. The first-order valence-electron chi connectivity index (χ1n) is 9.36. The molecular weight excluding hydrogens is 375 g/mol. The van der Waals surface area contributed by atoms with E-state index in [0.29, 0.717) is 18.1 Å². The fourth-order valence-electron chi connectivity index (χ4n) is 3.43. The highest BCUT2D eigenvalue weighted by Gasteiger charge is 2.31. The summed E-state index contributed by atoms with van der Waals surface area (Å²) in [4.78, 5) is 33.5. The summed E-state index contributed by atoms with van der Waals surface area (Å²) in [5.41, 5.74) is 3.53. The van der Waals surface area contributed by atoms with Crippen molar-refractivity contribution in [2.45, 2.75) is 26.0 Å². The van der Waals surface area contributed by atoms with E-state index in [1.807, 2.05) is 25.1 Å². The van der Waals surface area contributed by atoms with Crippen LogP contribution in [0.4, 0.5) is 10.1 Å². The first kappa shape index (κ1) is 19.1. The number of nitrogens with zero attached hydrogens (tertiary/aromatic N) is 2. The van der Waals surface area contributed by atoms with Crippen molar-refractivity contribution in [3.05, 3.63) is 59.7 Å². The number of halogens is 1. The van der Waals surface area contributed by atoms with Gasteiger partial charge < -0.3 is 19.9 Å². The molecule has 2 heterocycles. The number of amides is 2. The van der Waals surface area contributed by atoms with Gasteiger partial charge in [-0.3, -0.25) is 9.59 Å². The lowest BCUT2D eigenvalue weighted by molar-refractivity contribution is -0.126. The molecule has 0 radical (unpaired) electrons. The molecule has 1 fully saturated rings. The number of aromatic amines is 1. The number of carbonyl (C=O) groups excluding carboxylic acids is 2. The van der Waals surface area contributed by atoms with E-state index in [9.17, 15) is 14.0 Å². The van der Waals surface area contributed by atoms with E-state index in [2.05, 4.69) is 15.3 Å². The molecule has 1 aromatic heterocycles. The number of ether oxygens (including phenoxy) is 1. The zero-order valence-electron chi connectivity index (χ0n) is 15.9. The molecule has 1 atom stereocenters. The summed E-state index contributed by atoms with van der Waals surface area (Å²) in [5, 5.41) is 2.81. The minimum absolute atomic E-state index is 0.111. The van der Waals surface area contributed by atoms with Crippen molar-refractivity contribution in [3.63, 3.8) is 0 Å². The lowest BCUT2D eigenvalue weighted by atomic mass is 10.2. The van der Waals surface area contributed by atoms with Gasteiger partial charge >= 0.3 is 0 Å². The largest absolute Gasteiger partial charge is 0.364 e. The van der Waals surface area contributed by atoms with Crippen molar-refractivity contribution < 1.29 is 18.7 Å². The van der Waals surface area contributed by atoms with Gasteiger partial charge in [-0.2, -0.15) is 0 Å². The number of nitrogens with one attached hydrogen (secondary N) is 2. The molecule has 3 aromatic rings. The summed E-state index contributed by atoms with van der Waals surface area (Å²) in [7, 11) is 0. The molecule has 1 aliphatic heterocycles. The summed E-state index contributed by atoms with van der Waals surface area (Å²) in [5.74, 6) is -0.116. The van der Waals surface area contributed by atoms with Gasteiger partial charge in [0.15, 0.2) is 0 Å². The maximum atomic E-state index is 13.1. The van der Waals surface area contributed by atoms with Crippen molar-refractivity contribution in [3.8, 4) is 0 Å². The molecule has 4 rings (SSSR count). The number of benzene rings is 2. The molecule has 8 heteroatoms. The predicted octanol–water partition coefficient (Wildman–Crippen LogP) is 2.45. The Balaban J connectivity index is 1.26. The van der Waals surface area contributed by atoms with Crippen molar-refractivity contribution in [2.75, 3.05) is 18.1 Å². The van der Waals surface area contributed by atoms with Crippen molar-refractivity contribution in [1.29, 1.82) is 0 Å². The second-order valence-electron chi connectivity index (χ2n) is 7.15. The maximum absolute atomic E-state index is 13.1. The molecule has 150 valence electrons. The van der Waals surface area contributed by atoms with Crippen LogP contribution in [0, 0.1) is 12.7 Å². The molecule has 0 saturated carbocycles. The number of H-pyrrole nitrogens is 1. The molecule has 1 saturated heterocycles.